The van der Waals surface area contributed by atoms with Gasteiger partial charge in [-0.25, -0.2) is 0 Å². The van der Waals surface area contributed by atoms with Crippen LogP contribution in [0.15, 0.2) is 54.6 Å². The fourth-order valence-electron chi connectivity index (χ4n) is 2.43. The van der Waals surface area contributed by atoms with Crippen LogP contribution < -0.4 is 5.32 Å². The molecule has 0 aliphatic carbocycles. The average molecular weight is 269 g/mol. The van der Waals surface area contributed by atoms with Gasteiger partial charge in [-0.1, -0.05) is 55.5 Å². The van der Waals surface area contributed by atoms with Crippen molar-refractivity contribution in [2.75, 3.05) is 6.54 Å². The molecule has 0 saturated carbocycles. The lowest BCUT2D eigenvalue weighted by Crippen LogP contribution is -2.21. The second kappa shape index (κ2) is 7.11. The van der Waals surface area contributed by atoms with Crippen LogP contribution in [0.5, 0.6) is 5.75 Å². The van der Waals surface area contributed by atoms with Crippen molar-refractivity contribution < 1.29 is 5.11 Å². The highest BCUT2D eigenvalue weighted by Gasteiger charge is 2.10. The van der Waals surface area contributed by atoms with Crippen LogP contribution >= 0.6 is 0 Å². The first-order valence-corrected chi connectivity index (χ1v) is 7.24. The van der Waals surface area contributed by atoms with Crippen LogP contribution in [-0.4, -0.2) is 11.7 Å². The molecule has 2 rings (SSSR count). The summed E-state index contributed by atoms with van der Waals surface area (Å²) in [5, 5.41) is 13.3. The van der Waals surface area contributed by atoms with Gasteiger partial charge in [-0.15, -0.1) is 0 Å². The maximum absolute atomic E-state index is 9.83. The molecule has 2 aromatic carbocycles. The molecule has 2 heteroatoms. The van der Waals surface area contributed by atoms with Crippen molar-refractivity contribution >= 4 is 0 Å². The van der Waals surface area contributed by atoms with E-state index in [0.717, 1.165) is 18.5 Å². The van der Waals surface area contributed by atoms with Crippen LogP contribution in [0.1, 0.15) is 43.4 Å². The number of nitrogens with one attached hydrogen (secondary N) is 1. The summed E-state index contributed by atoms with van der Waals surface area (Å²) in [5.74, 6) is 0.906. The number of hydrogen-bond acceptors (Lipinski definition) is 2. The Labute approximate surface area is 121 Å². The molecule has 2 unspecified atom stereocenters. The second-order valence-electron chi connectivity index (χ2n) is 5.34. The number of aromatic hydroxyl groups is 1. The van der Waals surface area contributed by atoms with Crippen molar-refractivity contribution in [3.8, 4) is 5.75 Å². The standard InChI is InChI=1S/C18H23NO/c1-14(16-8-4-3-5-9-16)12-13-19-15(2)17-10-6-7-11-18(17)20/h3-11,14-15,19-20H,12-13H2,1-2H3. The molecule has 0 aliphatic heterocycles. The van der Waals surface area contributed by atoms with Gasteiger partial charge < -0.3 is 10.4 Å². The Hall–Kier alpha value is -1.80. The van der Waals surface area contributed by atoms with Crippen LogP contribution in [0.3, 0.4) is 0 Å². The summed E-state index contributed by atoms with van der Waals surface area (Å²) < 4.78 is 0. The third kappa shape index (κ3) is 3.84. The molecule has 106 valence electrons. The van der Waals surface area contributed by atoms with E-state index in [1.54, 1.807) is 6.07 Å². The molecule has 0 aliphatic rings. The molecule has 0 amide bonds. The first-order valence-electron chi connectivity index (χ1n) is 7.24. The lowest BCUT2D eigenvalue weighted by Gasteiger charge is -2.17. The molecular weight excluding hydrogens is 246 g/mol. The Morgan fingerprint density at radius 2 is 1.60 bits per heavy atom. The van der Waals surface area contributed by atoms with E-state index in [2.05, 4.69) is 49.5 Å². The van der Waals surface area contributed by atoms with Gasteiger partial charge in [0.1, 0.15) is 5.75 Å². The summed E-state index contributed by atoms with van der Waals surface area (Å²) in [6, 6.07) is 18.3. The number of phenols is 1. The summed E-state index contributed by atoms with van der Waals surface area (Å²) in [5.41, 5.74) is 2.34. The Balaban J connectivity index is 1.83. The van der Waals surface area contributed by atoms with E-state index in [0.29, 0.717) is 11.7 Å². The van der Waals surface area contributed by atoms with Gasteiger partial charge in [0.2, 0.25) is 0 Å². The highest BCUT2D eigenvalue weighted by Crippen LogP contribution is 2.23. The molecule has 0 heterocycles. The first kappa shape index (κ1) is 14.6. The topological polar surface area (TPSA) is 32.3 Å². The quantitative estimate of drug-likeness (QED) is 0.822. The van der Waals surface area contributed by atoms with E-state index in [9.17, 15) is 5.11 Å². The van der Waals surface area contributed by atoms with E-state index in [1.165, 1.54) is 5.56 Å². The molecular formula is C18H23NO. The fourth-order valence-corrected chi connectivity index (χ4v) is 2.43. The zero-order valence-electron chi connectivity index (χ0n) is 12.2. The molecule has 0 bridgehead atoms. The van der Waals surface area contributed by atoms with Gasteiger partial charge in [0.15, 0.2) is 0 Å². The van der Waals surface area contributed by atoms with E-state index in [-0.39, 0.29) is 6.04 Å². The average Bonchev–Trinajstić information content (AvgIpc) is 2.48. The number of phenolic OH excluding ortho intramolecular Hbond substituents is 1. The van der Waals surface area contributed by atoms with Crippen molar-refractivity contribution in [1.29, 1.82) is 0 Å². The third-order valence-corrected chi connectivity index (χ3v) is 3.80. The molecule has 0 spiro atoms. The van der Waals surface area contributed by atoms with Crippen molar-refractivity contribution in [3.63, 3.8) is 0 Å². The van der Waals surface area contributed by atoms with Crippen molar-refractivity contribution in [2.24, 2.45) is 0 Å². The molecule has 0 radical (unpaired) electrons. The second-order valence-corrected chi connectivity index (χ2v) is 5.34. The third-order valence-electron chi connectivity index (χ3n) is 3.80. The van der Waals surface area contributed by atoms with E-state index in [1.807, 2.05) is 18.2 Å². The van der Waals surface area contributed by atoms with Gasteiger partial charge in [0.05, 0.1) is 0 Å². The summed E-state index contributed by atoms with van der Waals surface area (Å²) in [4.78, 5) is 0. The highest BCUT2D eigenvalue weighted by atomic mass is 16.3. The van der Waals surface area contributed by atoms with Gasteiger partial charge in [0.25, 0.3) is 0 Å². The predicted octanol–water partition coefficient (Wildman–Crippen LogP) is 4.24. The Kier molecular flexibility index (Phi) is 5.19. The van der Waals surface area contributed by atoms with Gasteiger partial charge in [-0.05, 0) is 37.4 Å². The highest BCUT2D eigenvalue weighted by molar-refractivity contribution is 5.34. The summed E-state index contributed by atoms with van der Waals surface area (Å²) in [7, 11) is 0. The first-order chi connectivity index (χ1) is 9.68. The monoisotopic (exact) mass is 269 g/mol. The zero-order valence-corrected chi connectivity index (χ0v) is 12.2. The largest absolute Gasteiger partial charge is 0.508 e. The molecule has 0 saturated heterocycles. The number of hydrogen-bond donors (Lipinski definition) is 2. The lowest BCUT2D eigenvalue weighted by atomic mass is 9.97. The number of para-hydroxylation sites is 1. The zero-order chi connectivity index (χ0) is 14.4. The molecule has 2 nitrogen and oxygen atoms in total. The minimum Gasteiger partial charge on any atom is -0.508 e. The van der Waals surface area contributed by atoms with Crippen LogP contribution in [0, 0.1) is 0 Å². The normalized spacial score (nSPS) is 13.9. The van der Waals surface area contributed by atoms with E-state index < -0.39 is 0 Å². The molecule has 2 atom stereocenters. The van der Waals surface area contributed by atoms with Crippen LogP contribution in [0.4, 0.5) is 0 Å². The van der Waals surface area contributed by atoms with Gasteiger partial charge in [-0.2, -0.15) is 0 Å². The Morgan fingerprint density at radius 1 is 0.950 bits per heavy atom. The van der Waals surface area contributed by atoms with Crippen LogP contribution in [0.2, 0.25) is 0 Å². The summed E-state index contributed by atoms with van der Waals surface area (Å²) in [6.45, 7) is 5.27. The minimum absolute atomic E-state index is 0.166. The van der Waals surface area contributed by atoms with Gasteiger partial charge >= 0.3 is 0 Å². The molecule has 0 aromatic heterocycles. The van der Waals surface area contributed by atoms with Crippen molar-refractivity contribution in [2.45, 2.75) is 32.2 Å². The number of rotatable bonds is 6. The van der Waals surface area contributed by atoms with Gasteiger partial charge in [0, 0.05) is 11.6 Å². The summed E-state index contributed by atoms with van der Waals surface area (Å²) in [6.07, 6.45) is 1.09. The predicted molar refractivity (Wildman–Crippen MR) is 84.0 cm³/mol. The maximum atomic E-state index is 9.83. The van der Waals surface area contributed by atoms with E-state index >= 15 is 0 Å². The SMILES string of the molecule is CC(CCNC(C)c1ccccc1O)c1ccccc1. The molecule has 0 fully saturated rings. The minimum atomic E-state index is 0.166. The smallest absolute Gasteiger partial charge is 0.120 e. The Morgan fingerprint density at radius 3 is 2.30 bits per heavy atom. The van der Waals surface area contributed by atoms with Crippen LogP contribution in [-0.2, 0) is 0 Å². The molecule has 2 N–H and O–H groups in total. The lowest BCUT2D eigenvalue weighted by molar-refractivity contribution is 0.449. The summed E-state index contributed by atoms with van der Waals surface area (Å²) >= 11 is 0. The molecule has 20 heavy (non-hydrogen) atoms. The Bertz CT molecular complexity index is 524. The van der Waals surface area contributed by atoms with E-state index in [4.69, 9.17) is 0 Å². The van der Waals surface area contributed by atoms with Gasteiger partial charge in [-0.3, -0.25) is 0 Å². The molecule has 2 aromatic rings. The van der Waals surface area contributed by atoms with Crippen LogP contribution in [0.25, 0.3) is 0 Å². The van der Waals surface area contributed by atoms with Crippen molar-refractivity contribution in [3.05, 3.63) is 65.7 Å². The van der Waals surface area contributed by atoms with Crippen molar-refractivity contribution in [1.82, 2.24) is 5.32 Å². The number of benzene rings is 2. The fraction of sp³-hybridized carbons (Fsp3) is 0.333. The maximum Gasteiger partial charge on any atom is 0.120 e.